The van der Waals surface area contributed by atoms with Gasteiger partial charge in [0.1, 0.15) is 11.2 Å². The summed E-state index contributed by atoms with van der Waals surface area (Å²) in [5.41, 5.74) is -0.439. The van der Waals surface area contributed by atoms with Gasteiger partial charge < -0.3 is 4.74 Å². The lowest BCUT2D eigenvalue weighted by atomic mass is 9.73. The van der Waals surface area contributed by atoms with Gasteiger partial charge in [0.05, 0.1) is 6.61 Å². The SMILES string of the molecule is CCC(=O)C(COC)(C(C)=O)c1ccccc1. The molecule has 1 unspecified atom stereocenters. The first-order chi connectivity index (χ1) is 8.09. The molecule has 0 radical (unpaired) electrons. The van der Waals surface area contributed by atoms with Crippen LogP contribution in [0.25, 0.3) is 0 Å². The molecule has 0 heterocycles. The van der Waals surface area contributed by atoms with Gasteiger partial charge in [-0.3, -0.25) is 9.59 Å². The van der Waals surface area contributed by atoms with Gasteiger partial charge in [0, 0.05) is 13.5 Å². The summed E-state index contributed by atoms with van der Waals surface area (Å²) in [6.07, 6.45) is 0.317. The number of ketones is 2. The Morgan fingerprint density at radius 2 is 1.82 bits per heavy atom. The van der Waals surface area contributed by atoms with Crippen molar-refractivity contribution >= 4 is 11.6 Å². The first-order valence-electron chi connectivity index (χ1n) is 5.68. The van der Waals surface area contributed by atoms with E-state index < -0.39 is 5.41 Å². The predicted molar refractivity (Wildman–Crippen MR) is 66.0 cm³/mol. The molecule has 1 aromatic carbocycles. The summed E-state index contributed by atoms with van der Waals surface area (Å²) in [5.74, 6) is -0.268. The standard InChI is InChI=1S/C14H18O3/c1-4-13(16)14(10-17-3,11(2)15)12-8-6-5-7-9-12/h5-9H,4,10H2,1-3H3. The molecule has 1 rings (SSSR count). The van der Waals surface area contributed by atoms with Crippen LogP contribution in [0.2, 0.25) is 0 Å². The first kappa shape index (κ1) is 13.6. The summed E-state index contributed by atoms with van der Waals surface area (Å²) < 4.78 is 5.10. The number of benzene rings is 1. The number of rotatable bonds is 6. The molecule has 0 saturated carbocycles. The van der Waals surface area contributed by atoms with E-state index in [1.165, 1.54) is 14.0 Å². The summed E-state index contributed by atoms with van der Waals surface area (Å²) in [6, 6.07) is 9.11. The van der Waals surface area contributed by atoms with Crippen LogP contribution in [0.15, 0.2) is 30.3 Å². The van der Waals surface area contributed by atoms with Crippen LogP contribution in [-0.4, -0.2) is 25.3 Å². The third-order valence-corrected chi connectivity index (χ3v) is 3.03. The largest absolute Gasteiger partial charge is 0.383 e. The minimum absolute atomic E-state index is 0.0962. The normalized spacial score (nSPS) is 14.1. The van der Waals surface area contributed by atoms with E-state index in [9.17, 15) is 9.59 Å². The zero-order valence-electron chi connectivity index (χ0n) is 10.5. The average Bonchev–Trinajstić information content (AvgIpc) is 2.35. The van der Waals surface area contributed by atoms with E-state index in [2.05, 4.69) is 0 Å². The van der Waals surface area contributed by atoms with E-state index >= 15 is 0 Å². The van der Waals surface area contributed by atoms with E-state index in [1.807, 2.05) is 18.2 Å². The second kappa shape index (κ2) is 5.73. The molecule has 3 heteroatoms. The number of carbonyl (C=O) groups is 2. The molecule has 0 bridgehead atoms. The molecule has 0 amide bonds. The summed E-state index contributed by atoms with van der Waals surface area (Å²) in [7, 11) is 1.50. The number of carbonyl (C=O) groups excluding carboxylic acids is 2. The summed E-state index contributed by atoms with van der Waals surface area (Å²) in [6.45, 7) is 3.30. The molecule has 0 aliphatic carbocycles. The minimum atomic E-state index is -1.15. The quantitative estimate of drug-likeness (QED) is 0.708. The zero-order chi connectivity index (χ0) is 12.9. The molecule has 0 aliphatic heterocycles. The van der Waals surface area contributed by atoms with Crippen molar-refractivity contribution in [2.45, 2.75) is 25.7 Å². The van der Waals surface area contributed by atoms with Crippen LogP contribution in [-0.2, 0) is 19.7 Å². The van der Waals surface area contributed by atoms with Crippen LogP contribution in [0.1, 0.15) is 25.8 Å². The Hall–Kier alpha value is -1.48. The van der Waals surface area contributed by atoms with Crippen molar-refractivity contribution in [2.75, 3.05) is 13.7 Å². The van der Waals surface area contributed by atoms with Gasteiger partial charge in [0.2, 0.25) is 0 Å². The van der Waals surface area contributed by atoms with Gasteiger partial charge in [-0.25, -0.2) is 0 Å². The van der Waals surface area contributed by atoms with Crippen LogP contribution in [0.5, 0.6) is 0 Å². The molecular formula is C14H18O3. The van der Waals surface area contributed by atoms with Crippen LogP contribution >= 0.6 is 0 Å². The topological polar surface area (TPSA) is 43.4 Å². The van der Waals surface area contributed by atoms with E-state index in [0.717, 1.165) is 0 Å². The van der Waals surface area contributed by atoms with E-state index in [4.69, 9.17) is 4.74 Å². The summed E-state index contributed by atoms with van der Waals surface area (Å²) >= 11 is 0. The van der Waals surface area contributed by atoms with Gasteiger partial charge in [-0.2, -0.15) is 0 Å². The Morgan fingerprint density at radius 3 is 2.24 bits per heavy atom. The Bertz CT molecular complexity index is 397. The Balaban J connectivity index is 3.35. The fraction of sp³-hybridized carbons (Fsp3) is 0.429. The molecule has 92 valence electrons. The fourth-order valence-electron chi connectivity index (χ4n) is 2.07. The summed E-state index contributed by atoms with van der Waals surface area (Å²) in [4.78, 5) is 24.1. The van der Waals surface area contributed by atoms with Crippen molar-refractivity contribution in [3.63, 3.8) is 0 Å². The van der Waals surface area contributed by atoms with Crippen molar-refractivity contribution in [3.8, 4) is 0 Å². The van der Waals surface area contributed by atoms with Crippen molar-refractivity contribution in [3.05, 3.63) is 35.9 Å². The number of ether oxygens (including phenoxy) is 1. The maximum Gasteiger partial charge on any atom is 0.152 e. The van der Waals surface area contributed by atoms with Gasteiger partial charge in [-0.15, -0.1) is 0 Å². The van der Waals surface area contributed by atoms with E-state index in [1.54, 1.807) is 19.1 Å². The second-order valence-electron chi connectivity index (χ2n) is 4.04. The van der Waals surface area contributed by atoms with Crippen LogP contribution in [0, 0.1) is 0 Å². The van der Waals surface area contributed by atoms with E-state index in [-0.39, 0.29) is 18.2 Å². The number of methoxy groups -OCH3 is 1. The molecule has 0 N–H and O–H groups in total. The molecule has 1 atom stereocenters. The zero-order valence-corrected chi connectivity index (χ0v) is 10.5. The molecule has 1 aromatic rings. The molecule has 0 fully saturated rings. The minimum Gasteiger partial charge on any atom is -0.383 e. The van der Waals surface area contributed by atoms with Crippen LogP contribution in [0.4, 0.5) is 0 Å². The molecule has 0 aliphatic rings. The first-order valence-corrected chi connectivity index (χ1v) is 5.68. The van der Waals surface area contributed by atoms with Crippen molar-refractivity contribution in [1.82, 2.24) is 0 Å². The van der Waals surface area contributed by atoms with Gasteiger partial charge in [-0.1, -0.05) is 37.3 Å². The van der Waals surface area contributed by atoms with Crippen LogP contribution in [0.3, 0.4) is 0 Å². The maximum absolute atomic E-state index is 12.2. The lowest BCUT2D eigenvalue weighted by Crippen LogP contribution is -2.46. The van der Waals surface area contributed by atoms with Crippen molar-refractivity contribution < 1.29 is 14.3 Å². The van der Waals surface area contributed by atoms with Crippen LogP contribution < -0.4 is 0 Å². The van der Waals surface area contributed by atoms with Gasteiger partial charge in [-0.05, 0) is 12.5 Å². The lowest BCUT2D eigenvalue weighted by molar-refractivity contribution is -0.136. The molecule has 0 spiro atoms. The van der Waals surface area contributed by atoms with Gasteiger partial charge >= 0.3 is 0 Å². The highest BCUT2D eigenvalue weighted by atomic mass is 16.5. The average molecular weight is 234 g/mol. The van der Waals surface area contributed by atoms with Gasteiger partial charge in [0.15, 0.2) is 5.78 Å². The van der Waals surface area contributed by atoms with Gasteiger partial charge in [0.25, 0.3) is 0 Å². The predicted octanol–water partition coefficient (Wildman–Crippen LogP) is 2.14. The Morgan fingerprint density at radius 1 is 1.24 bits per heavy atom. The third-order valence-electron chi connectivity index (χ3n) is 3.03. The third kappa shape index (κ3) is 2.44. The molecule has 3 nitrogen and oxygen atoms in total. The van der Waals surface area contributed by atoms with Crippen molar-refractivity contribution in [2.24, 2.45) is 0 Å². The smallest absolute Gasteiger partial charge is 0.152 e. The Labute approximate surface area is 102 Å². The highest BCUT2D eigenvalue weighted by Crippen LogP contribution is 2.28. The Kier molecular flexibility index (Phi) is 4.58. The molecule has 17 heavy (non-hydrogen) atoms. The highest BCUT2D eigenvalue weighted by molar-refractivity contribution is 6.11. The lowest BCUT2D eigenvalue weighted by Gasteiger charge is -2.29. The van der Waals surface area contributed by atoms with Crippen molar-refractivity contribution in [1.29, 1.82) is 0 Å². The molecule has 0 saturated heterocycles. The monoisotopic (exact) mass is 234 g/mol. The fourth-order valence-corrected chi connectivity index (χ4v) is 2.07. The number of hydrogen-bond acceptors (Lipinski definition) is 3. The number of Topliss-reactive ketones (excluding diaryl/α,β-unsaturated/α-hetero) is 2. The summed E-state index contributed by atoms with van der Waals surface area (Å²) in [5, 5.41) is 0. The van der Waals surface area contributed by atoms with E-state index in [0.29, 0.717) is 12.0 Å². The maximum atomic E-state index is 12.2. The number of hydrogen-bond donors (Lipinski definition) is 0. The second-order valence-corrected chi connectivity index (χ2v) is 4.04. The molecular weight excluding hydrogens is 216 g/mol. The highest BCUT2D eigenvalue weighted by Gasteiger charge is 2.43. The molecule has 0 aromatic heterocycles.